The molecule has 1 saturated carbocycles. The minimum Gasteiger partial charge on any atom is -0.355 e. The highest BCUT2D eigenvalue weighted by Crippen LogP contribution is 2.26. The molecule has 0 bridgehead atoms. The van der Waals surface area contributed by atoms with E-state index in [4.69, 9.17) is 0 Å². The Bertz CT molecular complexity index is 616. The van der Waals surface area contributed by atoms with Crippen molar-refractivity contribution >= 4 is 16.8 Å². The third-order valence-corrected chi connectivity index (χ3v) is 6.94. The van der Waals surface area contributed by atoms with Crippen LogP contribution in [0.3, 0.4) is 0 Å². The summed E-state index contributed by atoms with van der Waals surface area (Å²) in [5.41, 5.74) is 1.13. The second-order valence-corrected chi connectivity index (χ2v) is 9.39. The molecule has 1 aliphatic carbocycles. The zero-order chi connectivity index (χ0) is 18.9. The maximum atomic E-state index is 12.2. The average Bonchev–Trinajstić information content (AvgIpc) is 3.34. The summed E-state index contributed by atoms with van der Waals surface area (Å²) in [5.74, 6) is 3.00. The van der Waals surface area contributed by atoms with Crippen LogP contribution in [0.25, 0.3) is 0 Å². The van der Waals surface area contributed by atoms with Gasteiger partial charge in [0.2, 0.25) is 0 Å². The summed E-state index contributed by atoms with van der Waals surface area (Å²) in [4.78, 5) is 6.94. The molecule has 6 heteroatoms. The molecule has 3 rings (SSSR count). The number of likely N-dealkylation sites (tertiary alicyclic amines) is 1. The molecular weight excluding hydrogens is 356 g/mol. The third kappa shape index (κ3) is 6.92. The van der Waals surface area contributed by atoms with Gasteiger partial charge in [0.15, 0.2) is 5.96 Å². The van der Waals surface area contributed by atoms with Crippen molar-refractivity contribution in [1.82, 2.24) is 15.5 Å². The lowest BCUT2D eigenvalue weighted by molar-refractivity contribution is 0.275. The Balaban J connectivity index is 1.33. The molecular formula is C21H34N4OS. The molecule has 150 valence electrons. The van der Waals surface area contributed by atoms with E-state index in [-0.39, 0.29) is 0 Å². The van der Waals surface area contributed by atoms with Gasteiger partial charge in [-0.2, -0.15) is 0 Å². The van der Waals surface area contributed by atoms with Gasteiger partial charge in [0.1, 0.15) is 0 Å². The standard InChI is InChI=1S/C21H34N4OS/c1-22-21(23-12-14-27(26)17-19-9-3-2-4-10-19)24-20-11-13-25(16-20)15-18-7-5-6-8-18/h2-4,9-10,18,20H,5-8,11-17H2,1H3,(H2,22,23,24). The molecule has 5 nitrogen and oxygen atoms in total. The molecule has 0 aromatic heterocycles. The number of aliphatic imine (C=N–C) groups is 1. The smallest absolute Gasteiger partial charge is 0.191 e. The summed E-state index contributed by atoms with van der Waals surface area (Å²) in [6.45, 7) is 4.24. The summed E-state index contributed by atoms with van der Waals surface area (Å²) < 4.78 is 12.2. The van der Waals surface area contributed by atoms with Crippen LogP contribution in [0.4, 0.5) is 0 Å². The van der Waals surface area contributed by atoms with Crippen LogP contribution < -0.4 is 10.6 Å². The molecule has 2 atom stereocenters. The van der Waals surface area contributed by atoms with Gasteiger partial charge in [0.05, 0.1) is 0 Å². The van der Waals surface area contributed by atoms with E-state index >= 15 is 0 Å². The average molecular weight is 391 g/mol. The molecule has 2 unspecified atom stereocenters. The highest BCUT2D eigenvalue weighted by molar-refractivity contribution is 7.84. The first-order valence-corrected chi connectivity index (χ1v) is 11.8. The van der Waals surface area contributed by atoms with Crippen molar-refractivity contribution < 1.29 is 4.21 Å². The summed E-state index contributed by atoms with van der Waals surface area (Å²) in [6.07, 6.45) is 6.84. The molecule has 1 aromatic rings. The van der Waals surface area contributed by atoms with Crippen LogP contribution in [-0.2, 0) is 16.6 Å². The number of nitrogens with one attached hydrogen (secondary N) is 2. The number of benzene rings is 1. The number of rotatable bonds is 8. The largest absolute Gasteiger partial charge is 0.355 e. The van der Waals surface area contributed by atoms with Crippen molar-refractivity contribution in [3.05, 3.63) is 35.9 Å². The summed E-state index contributed by atoms with van der Waals surface area (Å²) in [6, 6.07) is 10.5. The maximum Gasteiger partial charge on any atom is 0.191 e. The van der Waals surface area contributed by atoms with Crippen LogP contribution in [0.2, 0.25) is 0 Å². The van der Waals surface area contributed by atoms with Gasteiger partial charge in [-0.3, -0.25) is 9.20 Å². The Morgan fingerprint density at radius 2 is 2.00 bits per heavy atom. The van der Waals surface area contributed by atoms with Gasteiger partial charge in [-0.15, -0.1) is 0 Å². The van der Waals surface area contributed by atoms with Crippen LogP contribution in [0, 0.1) is 5.92 Å². The molecule has 2 fully saturated rings. The van der Waals surface area contributed by atoms with E-state index in [1.54, 1.807) is 0 Å². The van der Waals surface area contributed by atoms with Crippen LogP contribution in [0.5, 0.6) is 0 Å². The molecule has 1 heterocycles. The molecule has 2 aliphatic rings. The van der Waals surface area contributed by atoms with E-state index in [2.05, 4.69) is 20.5 Å². The first-order valence-electron chi connectivity index (χ1n) is 10.3. The van der Waals surface area contributed by atoms with E-state index in [1.807, 2.05) is 37.4 Å². The fraction of sp³-hybridized carbons (Fsp3) is 0.667. The normalized spacial score (nSPS) is 22.9. The lowest BCUT2D eigenvalue weighted by Crippen LogP contribution is -2.45. The molecule has 0 spiro atoms. The van der Waals surface area contributed by atoms with Crippen LogP contribution in [0.1, 0.15) is 37.7 Å². The molecule has 0 radical (unpaired) electrons. The Labute approximate surface area is 166 Å². The van der Waals surface area contributed by atoms with Crippen molar-refractivity contribution in [2.24, 2.45) is 10.9 Å². The number of hydrogen-bond donors (Lipinski definition) is 2. The number of hydrogen-bond acceptors (Lipinski definition) is 3. The predicted octanol–water partition coefficient (Wildman–Crippen LogP) is 2.36. The van der Waals surface area contributed by atoms with Gasteiger partial charge in [0, 0.05) is 61.6 Å². The summed E-state index contributed by atoms with van der Waals surface area (Å²) >= 11 is 0. The van der Waals surface area contributed by atoms with Crippen LogP contribution >= 0.6 is 0 Å². The van der Waals surface area contributed by atoms with Crippen molar-refractivity contribution in [1.29, 1.82) is 0 Å². The van der Waals surface area contributed by atoms with Gasteiger partial charge in [-0.1, -0.05) is 43.2 Å². The topological polar surface area (TPSA) is 56.7 Å². The quantitative estimate of drug-likeness (QED) is 0.529. The van der Waals surface area contributed by atoms with Crippen molar-refractivity contribution in [2.75, 3.05) is 39.0 Å². The third-order valence-electron chi connectivity index (χ3n) is 5.62. The SMILES string of the molecule is CN=C(NCCS(=O)Cc1ccccc1)NC1CCN(CC2CCCC2)C1. The second-order valence-electron chi connectivity index (χ2n) is 7.81. The fourth-order valence-electron chi connectivity index (χ4n) is 4.18. The lowest BCUT2D eigenvalue weighted by atomic mass is 10.1. The van der Waals surface area contributed by atoms with Crippen LogP contribution in [0.15, 0.2) is 35.3 Å². The van der Waals surface area contributed by atoms with Crippen molar-refractivity contribution in [3.8, 4) is 0 Å². The zero-order valence-corrected chi connectivity index (χ0v) is 17.3. The molecule has 27 heavy (non-hydrogen) atoms. The van der Waals surface area contributed by atoms with Gasteiger partial charge < -0.3 is 15.5 Å². The van der Waals surface area contributed by atoms with Gasteiger partial charge in [0.25, 0.3) is 0 Å². The molecule has 2 N–H and O–H groups in total. The summed E-state index contributed by atoms with van der Waals surface area (Å²) in [5, 5.41) is 6.87. The lowest BCUT2D eigenvalue weighted by Gasteiger charge is -2.21. The first kappa shape index (κ1) is 20.3. The minimum absolute atomic E-state index is 0.465. The summed E-state index contributed by atoms with van der Waals surface area (Å²) in [7, 11) is 0.951. The van der Waals surface area contributed by atoms with E-state index in [0.717, 1.165) is 24.0 Å². The second kappa shape index (κ2) is 10.8. The van der Waals surface area contributed by atoms with Gasteiger partial charge >= 0.3 is 0 Å². The highest BCUT2D eigenvalue weighted by atomic mass is 32.2. The molecule has 1 aromatic carbocycles. The van der Waals surface area contributed by atoms with Gasteiger partial charge in [-0.05, 0) is 30.7 Å². The van der Waals surface area contributed by atoms with Crippen molar-refractivity contribution in [2.45, 2.75) is 43.9 Å². The Hall–Kier alpha value is -1.40. The fourth-order valence-corrected chi connectivity index (χ4v) is 5.22. The van der Waals surface area contributed by atoms with Crippen LogP contribution in [-0.4, -0.2) is 60.1 Å². The predicted molar refractivity (Wildman–Crippen MR) is 114 cm³/mol. The zero-order valence-electron chi connectivity index (χ0n) is 16.5. The number of nitrogens with zero attached hydrogens (tertiary/aromatic N) is 2. The first-order chi connectivity index (χ1) is 13.2. The van der Waals surface area contributed by atoms with E-state index in [0.29, 0.717) is 24.1 Å². The van der Waals surface area contributed by atoms with E-state index in [1.165, 1.54) is 45.2 Å². The molecule has 1 aliphatic heterocycles. The Kier molecular flexibility index (Phi) is 8.14. The maximum absolute atomic E-state index is 12.2. The Morgan fingerprint density at radius 3 is 2.74 bits per heavy atom. The monoisotopic (exact) mass is 390 g/mol. The molecule has 0 amide bonds. The van der Waals surface area contributed by atoms with E-state index < -0.39 is 10.8 Å². The minimum atomic E-state index is -0.856. The molecule has 1 saturated heterocycles. The van der Waals surface area contributed by atoms with Gasteiger partial charge in [-0.25, -0.2) is 0 Å². The number of guanidine groups is 1. The van der Waals surface area contributed by atoms with E-state index in [9.17, 15) is 4.21 Å². The highest BCUT2D eigenvalue weighted by Gasteiger charge is 2.26. The van der Waals surface area contributed by atoms with Crippen molar-refractivity contribution in [3.63, 3.8) is 0 Å². The Morgan fingerprint density at radius 1 is 1.22 bits per heavy atom.